The maximum absolute atomic E-state index is 12.5. The first kappa shape index (κ1) is 16.9. The van der Waals surface area contributed by atoms with E-state index >= 15 is 0 Å². The number of piperidine rings is 1. The zero-order valence-corrected chi connectivity index (χ0v) is 14.9. The lowest BCUT2D eigenvalue weighted by molar-refractivity contribution is 0.103. The van der Waals surface area contributed by atoms with Crippen molar-refractivity contribution in [3.8, 4) is 0 Å². The van der Waals surface area contributed by atoms with E-state index in [2.05, 4.69) is 15.2 Å². The van der Waals surface area contributed by atoms with Gasteiger partial charge in [-0.3, -0.25) is 4.79 Å². The Morgan fingerprint density at radius 3 is 2.79 bits per heavy atom. The minimum Gasteiger partial charge on any atom is -0.396 e. The fourth-order valence-electron chi connectivity index (χ4n) is 2.94. The fraction of sp³-hybridized carbons (Fsp3) is 0.444. The standard InChI is InChI=1S/C18H23N3O2S/c1-12-10-16(24-13(12)2)18(23)20-15-4-3-7-19-17(15)21-8-5-14(11-22)6-9-21/h3-4,7,10,14,22H,5-6,8-9,11H2,1-2H3,(H,20,23). The summed E-state index contributed by atoms with van der Waals surface area (Å²) in [6, 6.07) is 5.66. The number of aromatic nitrogens is 1. The lowest BCUT2D eigenvalue weighted by Gasteiger charge is -2.33. The molecule has 0 saturated carbocycles. The molecule has 3 rings (SSSR count). The van der Waals surface area contributed by atoms with Gasteiger partial charge in [-0.1, -0.05) is 0 Å². The van der Waals surface area contributed by atoms with E-state index in [-0.39, 0.29) is 12.5 Å². The molecule has 2 aromatic heterocycles. The van der Waals surface area contributed by atoms with Crippen LogP contribution in [0.2, 0.25) is 0 Å². The fourth-order valence-corrected chi connectivity index (χ4v) is 3.87. The lowest BCUT2D eigenvalue weighted by atomic mass is 9.98. The Kier molecular flexibility index (Phi) is 5.16. The van der Waals surface area contributed by atoms with Crippen molar-refractivity contribution >= 4 is 28.7 Å². The van der Waals surface area contributed by atoms with E-state index in [1.165, 1.54) is 11.3 Å². The minimum atomic E-state index is -0.0873. The number of carbonyl (C=O) groups is 1. The van der Waals surface area contributed by atoms with Gasteiger partial charge in [-0.2, -0.15) is 0 Å². The Bertz CT molecular complexity index is 701. The number of hydrogen-bond acceptors (Lipinski definition) is 5. The quantitative estimate of drug-likeness (QED) is 0.893. The maximum atomic E-state index is 12.5. The molecule has 0 unspecified atom stereocenters. The number of nitrogens with one attached hydrogen (secondary N) is 1. The smallest absolute Gasteiger partial charge is 0.265 e. The van der Waals surface area contributed by atoms with Crippen LogP contribution in [-0.2, 0) is 0 Å². The number of hydrogen-bond donors (Lipinski definition) is 2. The summed E-state index contributed by atoms with van der Waals surface area (Å²) in [5.41, 5.74) is 1.89. The number of aliphatic hydroxyl groups is 1. The summed E-state index contributed by atoms with van der Waals surface area (Å²) in [4.78, 5) is 21.1. The summed E-state index contributed by atoms with van der Waals surface area (Å²) in [6.45, 7) is 5.99. The third-order valence-corrected chi connectivity index (χ3v) is 5.75. The van der Waals surface area contributed by atoms with Crippen molar-refractivity contribution in [2.75, 3.05) is 29.9 Å². The van der Waals surface area contributed by atoms with Gasteiger partial charge in [0.1, 0.15) is 0 Å². The number of rotatable bonds is 4. The first-order valence-electron chi connectivity index (χ1n) is 8.27. The van der Waals surface area contributed by atoms with E-state index in [9.17, 15) is 9.90 Å². The van der Waals surface area contributed by atoms with Gasteiger partial charge in [-0.15, -0.1) is 11.3 Å². The first-order valence-corrected chi connectivity index (χ1v) is 9.09. The molecule has 2 aromatic rings. The highest BCUT2D eigenvalue weighted by Crippen LogP contribution is 2.29. The molecule has 0 atom stereocenters. The average Bonchev–Trinajstić information content (AvgIpc) is 2.95. The largest absolute Gasteiger partial charge is 0.396 e. The van der Waals surface area contributed by atoms with Crippen LogP contribution in [0.4, 0.5) is 11.5 Å². The molecule has 1 amide bonds. The van der Waals surface area contributed by atoms with Crippen LogP contribution in [0.5, 0.6) is 0 Å². The van der Waals surface area contributed by atoms with E-state index in [1.807, 2.05) is 32.0 Å². The highest BCUT2D eigenvalue weighted by molar-refractivity contribution is 7.14. The van der Waals surface area contributed by atoms with Crippen LogP contribution < -0.4 is 10.2 Å². The van der Waals surface area contributed by atoms with Crippen molar-refractivity contribution in [1.82, 2.24) is 4.98 Å². The molecule has 1 aliphatic heterocycles. The Morgan fingerprint density at radius 1 is 1.42 bits per heavy atom. The van der Waals surface area contributed by atoms with Gasteiger partial charge in [0.15, 0.2) is 5.82 Å². The van der Waals surface area contributed by atoms with Crippen molar-refractivity contribution in [1.29, 1.82) is 0 Å². The van der Waals surface area contributed by atoms with Crippen LogP contribution in [0.25, 0.3) is 0 Å². The van der Waals surface area contributed by atoms with Gasteiger partial charge in [0.2, 0.25) is 0 Å². The second kappa shape index (κ2) is 7.32. The summed E-state index contributed by atoms with van der Waals surface area (Å²) < 4.78 is 0. The number of carbonyl (C=O) groups excluding carboxylic acids is 1. The number of aryl methyl sites for hydroxylation is 2. The first-order chi connectivity index (χ1) is 11.6. The molecular formula is C18H23N3O2S. The van der Waals surface area contributed by atoms with Crippen molar-refractivity contribution in [3.05, 3.63) is 39.7 Å². The number of aliphatic hydroxyl groups excluding tert-OH is 1. The third-order valence-electron chi connectivity index (χ3n) is 4.60. The van der Waals surface area contributed by atoms with Crippen LogP contribution in [0.3, 0.4) is 0 Å². The van der Waals surface area contributed by atoms with Crippen molar-refractivity contribution in [2.45, 2.75) is 26.7 Å². The van der Waals surface area contributed by atoms with Crippen LogP contribution in [0.1, 0.15) is 33.0 Å². The Balaban J connectivity index is 1.76. The molecular weight excluding hydrogens is 322 g/mol. The van der Waals surface area contributed by atoms with Gasteiger partial charge >= 0.3 is 0 Å². The van der Waals surface area contributed by atoms with E-state index in [0.29, 0.717) is 5.92 Å². The molecule has 2 N–H and O–H groups in total. The zero-order chi connectivity index (χ0) is 17.1. The Hall–Kier alpha value is -1.92. The molecule has 0 aliphatic carbocycles. The van der Waals surface area contributed by atoms with E-state index in [1.54, 1.807) is 6.20 Å². The normalized spacial score (nSPS) is 15.5. The number of pyridine rings is 1. The van der Waals surface area contributed by atoms with Gasteiger partial charge in [-0.25, -0.2) is 4.98 Å². The topological polar surface area (TPSA) is 65.5 Å². The molecule has 0 bridgehead atoms. The molecule has 128 valence electrons. The van der Waals surface area contributed by atoms with Crippen LogP contribution in [0, 0.1) is 19.8 Å². The summed E-state index contributed by atoms with van der Waals surface area (Å²) in [5, 5.41) is 12.3. The van der Waals surface area contributed by atoms with E-state index in [4.69, 9.17) is 0 Å². The maximum Gasteiger partial charge on any atom is 0.265 e. The zero-order valence-electron chi connectivity index (χ0n) is 14.1. The van der Waals surface area contributed by atoms with Gasteiger partial charge in [-0.05, 0) is 56.4 Å². The van der Waals surface area contributed by atoms with Gasteiger partial charge in [0, 0.05) is 30.8 Å². The van der Waals surface area contributed by atoms with Crippen molar-refractivity contribution in [3.63, 3.8) is 0 Å². The molecule has 1 fully saturated rings. The van der Waals surface area contributed by atoms with Crippen LogP contribution in [0.15, 0.2) is 24.4 Å². The molecule has 5 nitrogen and oxygen atoms in total. The third kappa shape index (κ3) is 3.60. The lowest BCUT2D eigenvalue weighted by Crippen LogP contribution is -2.35. The van der Waals surface area contributed by atoms with Crippen molar-refractivity contribution in [2.24, 2.45) is 5.92 Å². The molecule has 1 aliphatic rings. The second-order valence-corrected chi connectivity index (χ2v) is 7.55. The minimum absolute atomic E-state index is 0.0873. The Labute approximate surface area is 146 Å². The SMILES string of the molecule is Cc1cc(C(=O)Nc2cccnc2N2CCC(CO)CC2)sc1C. The molecule has 24 heavy (non-hydrogen) atoms. The highest BCUT2D eigenvalue weighted by Gasteiger charge is 2.22. The van der Waals surface area contributed by atoms with E-state index < -0.39 is 0 Å². The molecule has 0 aromatic carbocycles. The predicted octanol–water partition coefficient (Wildman–Crippen LogP) is 3.22. The van der Waals surface area contributed by atoms with Gasteiger partial charge in [0.25, 0.3) is 5.91 Å². The highest BCUT2D eigenvalue weighted by atomic mass is 32.1. The van der Waals surface area contributed by atoms with Crippen molar-refractivity contribution < 1.29 is 9.90 Å². The number of amides is 1. The second-order valence-electron chi connectivity index (χ2n) is 6.29. The molecule has 6 heteroatoms. The number of nitrogens with zero attached hydrogens (tertiary/aromatic N) is 2. The number of anilines is 2. The molecule has 1 saturated heterocycles. The Morgan fingerprint density at radius 2 is 2.17 bits per heavy atom. The predicted molar refractivity (Wildman–Crippen MR) is 98.0 cm³/mol. The van der Waals surface area contributed by atoms with Crippen LogP contribution >= 0.6 is 11.3 Å². The summed E-state index contributed by atoms with van der Waals surface area (Å²) in [6.07, 6.45) is 3.65. The van der Waals surface area contributed by atoms with E-state index in [0.717, 1.165) is 52.8 Å². The van der Waals surface area contributed by atoms with Crippen LogP contribution in [-0.4, -0.2) is 35.7 Å². The molecule has 0 radical (unpaired) electrons. The van der Waals surface area contributed by atoms with Gasteiger partial charge in [0.05, 0.1) is 10.6 Å². The monoisotopic (exact) mass is 345 g/mol. The number of thiophene rings is 1. The summed E-state index contributed by atoms with van der Waals surface area (Å²) in [5.74, 6) is 1.10. The summed E-state index contributed by atoms with van der Waals surface area (Å²) in [7, 11) is 0. The summed E-state index contributed by atoms with van der Waals surface area (Å²) >= 11 is 1.51. The average molecular weight is 345 g/mol. The molecule has 0 spiro atoms. The van der Waals surface area contributed by atoms with Gasteiger partial charge < -0.3 is 15.3 Å². The molecule has 3 heterocycles.